The zero-order chi connectivity index (χ0) is 23.6. The Morgan fingerprint density at radius 2 is 1.73 bits per heavy atom. The number of carbonyl (C=O) groups excluding carboxylic acids is 1. The van der Waals surface area contributed by atoms with E-state index in [4.69, 9.17) is 27.9 Å². The number of halogens is 2. The van der Waals surface area contributed by atoms with Gasteiger partial charge in [0.2, 0.25) is 15.9 Å². The fourth-order valence-corrected chi connectivity index (χ4v) is 6.06. The van der Waals surface area contributed by atoms with E-state index in [1.807, 2.05) is 6.07 Å². The van der Waals surface area contributed by atoms with E-state index in [0.29, 0.717) is 22.9 Å². The summed E-state index contributed by atoms with van der Waals surface area (Å²) >= 11 is 12.1. The molecule has 2 aromatic carbocycles. The molecule has 0 unspecified atom stereocenters. The summed E-state index contributed by atoms with van der Waals surface area (Å²) in [4.78, 5) is 12.1. The number of rotatable bonds is 6. The number of ether oxygens (including phenoxy) is 1. The minimum Gasteiger partial charge on any atom is -0.456 e. The molecule has 33 heavy (non-hydrogen) atoms. The number of hydrogen-bond acceptors (Lipinski definition) is 5. The Bertz CT molecular complexity index is 1180. The van der Waals surface area contributed by atoms with E-state index in [2.05, 4.69) is 5.32 Å². The van der Waals surface area contributed by atoms with Gasteiger partial charge in [-0.05, 0) is 62.1 Å². The van der Waals surface area contributed by atoms with Crippen LogP contribution in [0.3, 0.4) is 0 Å². The first-order valence-corrected chi connectivity index (χ1v) is 12.9. The largest absolute Gasteiger partial charge is 0.456 e. The molecule has 0 atom stereocenters. The van der Waals surface area contributed by atoms with Gasteiger partial charge in [-0.25, -0.2) is 8.42 Å². The first-order valence-electron chi connectivity index (χ1n) is 10.7. The fourth-order valence-electron chi connectivity index (χ4n) is 3.95. The molecule has 4 rings (SSSR count). The van der Waals surface area contributed by atoms with Crippen LogP contribution in [0.5, 0.6) is 11.5 Å². The highest BCUT2D eigenvalue weighted by atomic mass is 35.5. The van der Waals surface area contributed by atoms with E-state index in [-0.39, 0.29) is 52.9 Å². The van der Waals surface area contributed by atoms with E-state index in [1.165, 1.54) is 34.6 Å². The molecule has 0 aromatic heterocycles. The van der Waals surface area contributed by atoms with Crippen molar-refractivity contribution in [2.24, 2.45) is 5.92 Å². The predicted octanol–water partition coefficient (Wildman–Crippen LogP) is 4.73. The maximum atomic E-state index is 13.5. The molecule has 2 aliphatic rings. The van der Waals surface area contributed by atoms with E-state index < -0.39 is 10.0 Å². The highest BCUT2D eigenvalue weighted by Gasteiger charge is 2.34. The number of nitrogens with zero attached hydrogens (tertiary/aromatic N) is 2. The lowest BCUT2D eigenvalue weighted by atomic mass is 9.84. The Morgan fingerprint density at radius 1 is 1.06 bits per heavy atom. The van der Waals surface area contributed by atoms with E-state index >= 15 is 0 Å². The Labute approximate surface area is 203 Å². The first-order chi connectivity index (χ1) is 15.8. The van der Waals surface area contributed by atoms with Crippen LogP contribution in [0, 0.1) is 17.2 Å². The van der Waals surface area contributed by atoms with Crippen LogP contribution in [-0.4, -0.2) is 37.8 Å². The molecular weight excluding hydrogens is 485 g/mol. The number of nitriles is 1. The Hall–Kier alpha value is -2.31. The molecule has 1 N–H and O–H groups in total. The van der Waals surface area contributed by atoms with Gasteiger partial charge in [0.15, 0.2) is 0 Å². The van der Waals surface area contributed by atoms with Gasteiger partial charge in [-0.3, -0.25) is 4.79 Å². The summed E-state index contributed by atoms with van der Waals surface area (Å²) in [5, 5.41) is 13.1. The summed E-state index contributed by atoms with van der Waals surface area (Å²) in [6, 6.07) is 10.8. The molecule has 1 heterocycles. The number of benzene rings is 2. The third-order valence-electron chi connectivity index (χ3n) is 6.03. The summed E-state index contributed by atoms with van der Waals surface area (Å²) in [5.41, 5.74) is 0.202. The van der Waals surface area contributed by atoms with Gasteiger partial charge in [0, 0.05) is 35.1 Å². The van der Waals surface area contributed by atoms with Crippen LogP contribution in [0.25, 0.3) is 0 Å². The third-order valence-corrected chi connectivity index (χ3v) is 8.39. The third kappa shape index (κ3) is 5.44. The van der Waals surface area contributed by atoms with Crippen LogP contribution >= 0.6 is 23.2 Å². The molecule has 1 aliphatic carbocycles. The van der Waals surface area contributed by atoms with Crippen LogP contribution in [0.4, 0.5) is 0 Å². The van der Waals surface area contributed by atoms with Gasteiger partial charge in [0.05, 0.1) is 11.6 Å². The van der Waals surface area contributed by atoms with Gasteiger partial charge in [0.1, 0.15) is 16.4 Å². The number of piperidine rings is 1. The van der Waals surface area contributed by atoms with E-state index in [0.717, 1.165) is 19.3 Å². The second kappa shape index (κ2) is 9.90. The smallest absolute Gasteiger partial charge is 0.246 e. The van der Waals surface area contributed by atoms with Gasteiger partial charge in [0.25, 0.3) is 0 Å². The van der Waals surface area contributed by atoms with Gasteiger partial charge >= 0.3 is 0 Å². The molecule has 1 amide bonds. The van der Waals surface area contributed by atoms with Gasteiger partial charge in [-0.2, -0.15) is 9.57 Å². The molecule has 2 aromatic rings. The lowest BCUT2D eigenvalue weighted by Gasteiger charge is -2.33. The van der Waals surface area contributed by atoms with Crippen LogP contribution in [0.2, 0.25) is 10.0 Å². The van der Waals surface area contributed by atoms with Crippen molar-refractivity contribution in [2.75, 3.05) is 13.1 Å². The second-order valence-corrected chi connectivity index (χ2v) is 11.1. The van der Waals surface area contributed by atoms with Crippen molar-refractivity contribution in [3.05, 3.63) is 52.0 Å². The molecule has 174 valence electrons. The monoisotopic (exact) mass is 507 g/mol. The Balaban J connectivity index is 1.53. The maximum absolute atomic E-state index is 13.5. The maximum Gasteiger partial charge on any atom is 0.246 e. The summed E-state index contributed by atoms with van der Waals surface area (Å²) in [6.07, 6.45) is 3.98. The predicted molar refractivity (Wildman–Crippen MR) is 125 cm³/mol. The number of amides is 1. The van der Waals surface area contributed by atoms with Gasteiger partial charge in [-0.15, -0.1) is 0 Å². The number of hydrogen-bond donors (Lipinski definition) is 1. The van der Waals surface area contributed by atoms with Crippen molar-refractivity contribution in [1.82, 2.24) is 9.62 Å². The van der Waals surface area contributed by atoms with Crippen LogP contribution in [0.1, 0.15) is 37.7 Å². The molecule has 10 heteroatoms. The minimum atomic E-state index is -3.95. The quantitative estimate of drug-likeness (QED) is 0.609. The lowest BCUT2D eigenvalue weighted by Crippen LogP contribution is -2.48. The summed E-state index contributed by atoms with van der Waals surface area (Å²) in [5.74, 6) is 0.527. The highest BCUT2D eigenvalue weighted by molar-refractivity contribution is 7.89. The average Bonchev–Trinajstić information content (AvgIpc) is 2.72. The summed E-state index contributed by atoms with van der Waals surface area (Å²) in [6.45, 7) is 0.522. The minimum absolute atomic E-state index is 0.0423. The van der Waals surface area contributed by atoms with E-state index in [1.54, 1.807) is 6.07 Å². The van der Waals surface area contributed by atoms with Crippen molar-refractivity contribution >= 4 is 39.1 Å². The highest BCUT2D eigenvalue weighted by Crippen LogP contribution is 2.35. The first kappa shape index (κ1) is 23.8. The molecule has 1 saturated carbocycles. The van der Waals surface area contributed by atoms with Crippen molar-refractivity contribution < 1.29 is 17.9 Å². The number of nitrogens with one attached hydrogen (secondary N) is 1. The Kier molecular flexibility index (Phi) is 7.15. The van der Waals surface area contributed by atoms with Crippen molar-refractivity contribution in [3.8, 4) is 17.6 Å². The zero-order valence-corrected chi connectivity index (χ0v) is 20.1. The number of sulfonamides is 1. The molecule has 0 bridgehead atoms. The normalized spacial score (nSPS) is 17.7. The van der Waals surface area contributed by atoms with Gasteiger partial charge < -0.3 is 10.1 Å². The molecule has 1 saturated heterocycles. The van der Waals surface area contributed by atoms with Crippen molar-refractivity contribution in [3.63, 3.8) is 0 Å². The topological polar surface area (TPSA) is 99.5 Å². The fraction of sp³-hybridized carbons (Fsp3) is 0.391. The van der Waals surface area contributed by atoms with E-state index in [9.17, 15) is 18.5 Å². The summed E-state index contributed by atoms with van der Waals surface area (Å²) in [7, 11) is -3.95. The molecule has 0 radical (unpaired) electrons. The van der Waals surface area contributed by atoms with Crippen LogP contribution in [0.15, 0.2) is 41.3 Å². The average molecular weight is 508 g/mol. The molecule has 2 fully saturated rings. The standard InChI is InChI=1S/C23H23Cl2N3O4S/c24-17-11-18(25)13-20(12-17)32-21-5-4-15(14-26)10-22(21)33(30,31)28-8-6-19(7-9-28)27-23(29)16-2-1-3-16/h4-5,10-13,16,19H,1-3,6-9H2,(H,27,29). The molecular formula is C23H23Cl2N3O4S. The molecule has 1 aliphatic heterocycles. The summed E-state index contributed by atoms with van der Waals surface area (Å²) < 4.78 is 34.2. The Morgan fingerprint density at radius 3 is 2.30 bits per heavy atom. The van der Waals surface area contributed by atoms with Crippen LogP contribution < -0.4 is 10.1 Å². The van der Waals surface area contributed by atoms with Crippen LogP contribution in [-0.2, 0) is 14.8 Å². The molecule has 0 spiro atoms. The number of carbonyl (C=O) groups is 1. The second-order valence-electron chi connectivity index (χ2n) is 8.30. The lowest BCUT2D eigenvalue weighted by molar-refractivity contribution is -0.128. The molecule has 7 nitrogen and oxygen atoms in total. The van der Waals surface area contributed by atoms with Crippen molar-refractivity contribution in [1.29, 1.82) is 5.26 Å². The van der Waals surface area contributed by atoms with Crippen molar-refractivity contribution in [2.45, 2.75) is 43.0 Å². The van der Waals surface area contributed by atoms with Gasteiger partial charge in [-0.1, -0.05) is 29.6 Å². The zero-order valence-electron chi connectivity index (χ0n) is 17.8. The SMILES string of the molecule is N#Cc1ccc(Oc2cc(Cl)cc(Cl)c2)c(S(=O)(=O)N2CCC(NC(=O)C3CCC3)CC2)c1.